The maximum absolute atomic E-state index is 9.36. The number of hydrogen-bond acceptors (Lipinski definition) is 4. The number of rotatable bonds is 10. The second-order valence-electron chi connectivity index (χ2n) is 8.14. The van der Waals surface area contributed by atoms with Gasteiger partial charge in [0.2, 0.25) is 0 Å². The fourth-order valence-electron chi connectivity index (χ4n) is 3.49. The molecule has 29 heavy (non-hydrogen) atoms. The lowest BCUT2D eigenvalue weighted by Gasteiger charge is -2.20. The van der Waals surface area contributed by atoms with E-state index >= 15 is 0 Å². The second-order valence-corrected chi connectivity index (χ2v) is 8.14. The molecular formula is C23H37N5O. The average Bonchev–Trinajstić information content (AvgIpc) is 2.69. The highest BCUT2D eigenvalue weighted by atomic mass is 16.3. The predicted octanol–water partition coefficient (Wildman–Crippen LogP) is 3.40. The van der Waals surface area contributed by atoms with E-state index < -0.39 is 0 Å². The lowest BCUT2D eigenvalue weighted by molar-refractivity contribution is 0.243. The molecule has 1 unspecified atom stereocenters. The minimum atomic E-state index is 0.225. The molecule has 1 heterocycles. The Balaban J connectivity index is 2.19. The van der Waals surface area contributed by atoms with Crippen molar-refractivity contribution in [3.63, 3.8) is 0 Å². The first-order chi connectivity index (χ1) is 13.9. The van der Waals surface area contributed by atoms with Crippen molar-refractivity contribution in [2.45, 2.75) is 40.2 Å². The third-order valence-electron chi connectivity index (χ3n) is 4.90. The van der Waals surface area contributed by atoms with Gasteiger partial charge in [-0.05, 0) is 49.3 Å². The summed E-state index contributed by atoms with van der Waals surface area (Å²) in [6, 6.07) is 10.3. The third kappa shape index (κ3) is 7.20. The standard InChI is InChI=1S/C23H37N5O/c1-6-24-23(25-15-18(11-12-29)13-17(2)3)26-16-19-14-22(28(4)5)27-21-10-8-7-9-20(19)21/h7-10,14,17-18,29H,6,11-13,15-16H2,1-5H3,(H2,24,25,26). The molecule has 0 fully saturated rings. The molecule has 0 aliphatic rings. The number of benzene rings is 1. The van der Waals surface area contributed by atoms with Crippen molar-refractivity contribution < 1.29 is 5.11 Å². The summed E-state index contributed by atoms with van der Waals surface area (Å²) in [5, 5.41) is 17.3. The topological polar surface area (TPSA) is 72.8 Å². The summed E-state index contributed by atoms with van der Waals surface area (Å²) in [4.78, 5) is 11.6. The zero-order chi connectivity index (χ0) is 21.2. The van der Waals surface area contributed by atoms with Crippen LogP contribution in [0.15, 0.2) is 35.3 Å². The van der Waals surface area contributed by atoms with Crippen molar-refractivity contribution in [1.29, 1.82) is 0 Å². The van der Waals surface area contributed by atoms with Crippen LogP contribution in [0.1, 0.15) is 39.2 Å². The Hall–Kier alpha value is -2.34. The fourth-order valence-corrected chi connectivity index (χ4v) is 3.49. The first kappa shape index (κ1) is 22.9. The van der Waals surface area contributed by atoms with Crippen LogP contribution in [0.5, 0.6) is 0 Å². The average molecular weight is 400 g/mol. The Bertz CT molecular complexity index is 788. The van der Waals surface area contributed by atoms with Gasteiger partial charge in [-0.15, -0.1) is 0 Å². The van der Waals surface area contributed by atoms with Gasteiger partial charge in [0.05, 0.1) is 12.1 Å². The van der Waals surface area contributed by atoms with Gasteiger partial charge in [-0.25, -0.2) is 9.98 Å². The highest BCUT2D eigenvalue weighted by Gasteiger charge is 2.12. The van der Waals surface area contributed by atoms with Crippen LogP contribution >= 0.6 is 0 Å². The van der Waals surface area contributed by atoms with E-state index in [0.29, 0.717) is 18.4 Å². The number of nitrogens with zero attached hydrogens (tertiary/aromatic N) is 3. The molecule has 0 amide bonds. The molecule has 2 rings (SSSR count). The Kier molecular flexibility index (Phi) is 9.19. The number of aliphatic hydroxyl groups excluding tert-OH is 1. The smallest absolute Gasteiger partial charge is 0.191 e. The summed E-state index contributed by atoms with van der Waals surface area (Å²) >= 11 is 0. The molecule has 0 aliphatic carbocycles. The van der Waals surface area contributed by atoms with Gasteiger partial charge in [0.25, 0.3) is 0 Å². The summed E-state index contributed by atoms with van der Waals surface area (Å²) in [5.74, 6) is 2.80. The number of aliphatic hydroxyl groups is 1. The van der Waals surface area contributed by atoms with Gasteiger partial charge in [0.1, 0.15) is 5.82 Å². The highest BCUT2D eigenvalue weighted by molar-refractivity contribution is 5.85. The highest BCUT2D eigenvalue weighted by Crippen LogP contribution is 2.22. The summed E-state index contributed by atoms with van der Waals surface area (Å²) in [5.41, 5.74) is 2.15. The van der Waals surface area contributed by atoms with E-state index in [2.05, 4.69) is 43.5 Å². The first-order valence-corrected chi connectivity index (χ1v) is 10.6. The Morgan fingerprint density at radius 2 is 1.97 bits per heavy atom. The van der Waals surface area contributed by atoms with Crippen molar-refractivity contribution in [3.8, 4) is 0 Å². The Morgan fingerprint density at radius 1 is 1.21 bits per heavy atom. The zero-order valence-electron chi connectivity index (χ0n) is 18.6. The maximum atomic E-state index is 9.36. The number of fused-ring (bicyclic) bond motifs is 1. The predicted molar refractivity (Wildman–Crippen MR) is 124 cm³/mol. The minimum Gasteiger partial charge on any atom is -0.396 e. The molecule has 0 aliphatic heterocycles. The van der Waals surface area contributed by atoms with Crippen LogP contribution in [0.4, 0.5) is 5.82 Å². The number of nitrogens with one attached hydrogen (secondary N) is 2. The number of hydrogen-bond donors (Lipinski definition) is 3. The van der Waals surface area contributed by atoms with Gasteiger partial charge in [0, 0.05) is 39.2 Å². The number of guanidine groups is 1. The maximum Gasteiger partial charge on any atom is 0.191 e. The quantitative estimate of drug-likeness (QED) is 0.422. The second kappa shape index (κ2) is 11.6. The Morgan fingerprint density at radius 3 is 2.62 bits per heavy atom. The van der Waals surface area contributed by atoms with E-state index in [4.69, 9.17) is 9.98 Å². The largest absolute Gasteiger partial charge is 0.396 e. The van der Waals surface area contributed by atoms with E-state index in [1.54, 1.807) is 0 Å². The molecule has 3 N–H and O–H groups in total. The molecule has 0 saturated carbocycles. The van der Waals surface area contributed by atoms with Crippen LogP contribution in [0, 0.1) is 11.8 Å². The summed E-state index contributed by atoms with van der Waals surface area (Å²) in [7, 11) is 4.01. The number of pyridine rings is 1. The molecule has 160 valence electrons. The summed E-state index contributed by atoms with van der Waals surface area (Å²) < 4.78 is 0. The van der Waals surface area contributed by atoms with E-state index in [1.165, 1.54) is 0 Å². The van der Waals surface area contributed by atoms with Crippen molar-refractivity contribution >= 4 is 22.7 Å². The minimum absolute atomic E-state index is 0.225. The summed E-state index contributed by atoms with van der Waals surface area (Å²) in [6.07, 6.45) is 1.90. The van der Waals surface area contributed by atoms with Crippen LogP contribution in [0.2, 0.25) is 0 Å². The zero-order valence-corrected chi connectivity index (χ0v) is 18.6. The van der Waals surface area contributed by atoms with Crippen LogP contribution in [0.25, 0.3) is 10.9 Å². The van der Waals surface area contributed by atoms with E-state index in [1.807, 2.05) is 37.2 Å². The molecule has 1 aromatic carbocycles. The van der Waals surface area contributed by atoms with E-state index in [0.717, 1.165) is 54.2 Å². The van der Waals surface area contributed by atoms with Gasteiger partial charge in [-0.1, -0.05) is 32.0 Å². The fraction of sp³-hybridized carbons (Fsp3) is 0.565. The van der Waals surface area contributed by atoms with Gasteiger partial charge < -0.3 is 20.6 Å². The molecule has 2 aromatic rings. The third-order valence-corrected chi connectivity index (χ3v) is 4.90. The number of aromatic nitrogens is 1. The van der Waals surface area contributed by atoms with Crippen LogP contribution in [-0.4, -0.2) is 49.8 Å². The van der Waals surface area contributed by atoms with Crippen molar-refractivity contribution in [2.24, 2.45) is 16.8 Å². The van der Waals surface area contributed by atoms with Gasteiger partial charge >= 0.3 is 0 Å². The lowest BCUT2D eigenvalue weighted by atomic mass is 9.94. The molecular weight excluding hydrogens is 362 g/mol. The molecule has 6 nitrogen and oxygen atoms in total. The number of anilines is 1. The SMILES string of the molecule is CCNC(=NCc1cc(N(C)C)nc2ccccc12)NCC(CCO)CC(C)C. The lowest BCUT2D eigenvalue weighted by Crippen LogP contribution is -2.40. The van der Waals surface area contributed by atoms with Crippen LogP contribution in [-0.2, 0) is 6.54 Å². The molecule has 6 heteroatoms. The van der Waals surface area contributed by atoms with Crippen LogP contribution in [0.3, 0.4) is 0 Å². The summed E-state index contributed by atoms with van der Waals surface area (Å²) in [6.45, 7) is 8.94. The van der Waals surface area contributed by atoms with Crippen LogP contribution < -0.4 is 15.5 Å². The molecule has 0 bridgehead atoms. The monoisotopic (exact) mass is 399 g/mol. The van der Waals surface area contributed by atoms with E-state index in [-0.39, 0.29) is 6.61 Å². The molecule has 0 saturated heterocycles. The normalized spacial score (nSPS) is 13.0. The number of para-hydroxylation sites is 1. The van der Waals surface area contributed by atoms with Gasteiger partial charge in [-0.2, -0.15) is 0 Å². The van der Waals surface area contributed by atoms with Crippen molar-refractivity contribution in [1.82, 2.24) is 15.6 Å². The number of aliphatic imine (C=N–C) groups is 1. The molecule has 0 radical (unpaired) electrons. The Labute approximate surface area is 175 Å². The first-order valence-electron chi connectivity index (χ1n) is 10.6. The van der Waals surface area contributed by atoms with Crippen molar-refractivity contribution in [3.05, 3.63) is 35.9 Å². The molecule has 1 aromatic heterocycles. The molecule has 1 atom stereocenters. The van der Waals surface area contributed by atoms with Gasteiger partial charge in [0.15, 0.2) is 5.96 Å². The van der Waals surface area contributed by atoms with Crippen molar-refractivity contribution in [2.75, 3.05) is 38.7 Å². The van der Waals surface area contributed by atoms with E-state index in [9.17, 15) is 5.11 Å². The molecule has 0 spiro atoms. The van der Waals surface area contributed by atoms with Gasteiger partial charge in [-0.3, -0.25) is 0 Å².